The second kappa shape index (κ2) is 5.40. The first-order chi connectivity index (χ1) is 9.74. The second-order valence-corrected chi connectivity index (χ2v) is 5.57. The summed E-state index contributed by atoms with van der Waals surface area (Å²) in [5, 5.41) is 1.14. The number of H-pyrrole nitrogens is 1. The van der Waals surface area contributed by atoms with Crippen molar-refractivity contribution in [3.63, 3.8) is 0 Å². The highest BCUT2D eigenvalue weighted by atomic mass is 16.5. The van der Waals surface area contributed by atoms with E-state index in [1.807, 2.05) is 13.3 Å². The molecule has 2 aromatic heterocycles. The Labute approximate surface area is 119 Å². The smallest absolute Gasteiger partial charge is 0.143 e. The number of anilines is 1. The summed E-state index contributed by atoms with van der Waals surface area (Å²) in [6, 6.07) is 0. The number of methoxy groups -OCH3 is 1. The molecule has 0 saturated carbocycles. The molecule has 2 unspecified atom stereocenters. The fourth-order valence-electron chi connectivity index (χ4n) is 3.23. The van der Waals surface area contributed by atoms with E-state index in [-0.39, 0.29) is 6.10 Å². The molecule has 0 amide bonds. The number of hydrogen-bond acceptors (Lipinski definition) is 4. The Balaban J connectivity index is 1.94. The molecular weight excluding hydrogens is 252 g/mol. The number of aromatic amines is 1. The Morgan fingerprint density at radius 1 is 1.45 bits per heavy atom. The van der Waals surface area contributed by atoms with Gasteiger partial charge in [0.05, 0.1) is 11.5 Å². The van der Waals surface area contributed by atoms with Crippen LogP contribution in [0.5, 0.6) is 0 Å². The molecule has 1 aliphatic rings. The average Bonchev–Trinajstić information content (AvgIpc) is 2.88. The van der Waals surface area contributed by atoms with Crippen LogP contribution in [0.4, 0.5) is 5.82 Å². The summed E-state index contributed by atoms with van der Waals surface area (Å²) in [5.74, 6) is 1.69. The van der Waals surface area contributed by atoms with Gasteiger partial charge in [-0.3, -0.25) is 0 Å². The number of nitrogens with one attached hydrogen (secondary N) is 1. The van der Waals surface area contributed by atoms with Gasteiger partial charge in [0, 0.05) is 26.4 Å². The minimum atomic E-state index is 0.290. The minimum absolute atomic E-state index is 0.290. The molecule has 0 aliphatic carbocycles. The van der Waals surface area contributed by atoms with E-state index in [4.69, 9.17) is 4.74 Å². The molecule has 3 rings (SSSR count). The quantitative estimate of drug-likeness (QED) is 0.934. The average molecular weight is 274 g/mol. The lowest BCUT2D eigenvalue weighted by Crippen LogP contribution is -2.45. The molecule has 108 valence electrons. The van der Waals surface area contributed by atoms with Gasteiger partial charge < -0.3 is 14.6 Å². The number of aromatic nitrogens is 3. The third kappa shape index (κ3) is 2.16. The number of ether oxygens (including phenoxy) is 1. The van der Waals surface area contributed by atoms with Crippen molar-refractivity contribution in [2.75, 3.05) is 25.1 Å². The molecule has 3 heterocycles. The largest absolute Gasteiger partial charge is 0.379 e. The second-order valence-electron chi connectivity index (χ2n) is 5.57. The summed E-state index contributed by atoms with van der Waals surface area (Å²) < 4.78 is 5.68. The van der Waals surface area contributed by atoms with Gasteiger partial charge in [-0.15, -0.1) is 0 Å². The Hall–Kier alpha value is -1.62. The lowest BCUT2D eigenvalue weighted by Gasteiger charge is -2.38. The van der Waals surface area contributed by atoms with Crippen LogP contribution < -0.4 is 4.90 Å². The maximum atomic E-state index is 5.68. The van der Waals surface area contributed by atoms with E-state index in [0.29, 0.717) is 5.92 Å². The van der Waals surface area contributed by atoms with Gasteiger partial charge in [0.1, 0.15) is 17.8 Å². The van der Waals surface area contributed by atoms with Gasteiger partial charge in [-0.2, -0.15) is 0 Å². The molecule has 1 aliphatic heterocycles. The van der Waals surface area contributed by atoms with Gasteiger partial charge in [0.15, 0.2) is 0 Å². The Morgan fingerprint density at radius 3 is 3.05 bits per heavy atom. The van der Waals surface area contributed by atoms with Crippen LogP contribution in [0.2, 0.25) is 0 Å². The van der Waals surface area contributed by atoms with Crippen molar-refractivity contribution in [2.45, 2.75) is 32.8 Å². The number of fused-ring (bicyclic) bond motifs is 1. The van der Waals surface area contributed by atoms with Crippen molar-refractivity contribution in [1.82, 2.24) is 15.0 Å². The van der Waals surface area contributed by atoms with Gasteiger partial charge in [0.25, 0.3) is 0 Å². The third-order valence-corrected chi connectivity index (χ3v) is 4.47. The zero-order valence-electron chi connectivity index (χ0n) is 12.4. The van der Waals surface area contributed by atoms with E-state index in [9.17, 15) is 0 Å². The van der Waals surface area contributed by atoms with Crippen LogP contribution in [0.1, 0.15) is 25.3 Å². The minimum Gasteiger partial charge on any atom is -0.379 e. The SMILES string of the molecule is CCC1CCN(c2ncnc3[nH]cc(C)c23)CC1OC. The normalized spacial score (nSPS) is 23.4. The summed E-state index contributed by atoms with van der Waals surface area (Å²) in [6.07, 6.45) is 6.26. The van der Waals surface area contributed by atoms with Crippen LogP contribution in [0.3, 0.4) is 0 Å². The van der Waals surface area contributed by atoms with E-state index < -0.39 is 0 Å². The summed E-state index contributed by atoms with van der Waals surface area (Å²) in [5.41, 5.74) is 2.11. The highest BCUT2D eigenvalue weighted by molar-refractivity contribution is 5.90. The standard InChI is InChI=1S/C15H22N4O/c1-4-11-5-6-19(8-12(11)20-3)15-13-10(2)7-16-14(13)17-9-18-15/h7,9,11-12H,4-6,8H2,1-3H3,(H,16,17,18). The first-order valence-electron chi connectivity index (χ1n) is 7.31. The van der Waals surface area contributed by atoms with Crippen LogP contribution in [-0.2, 0) is 4.74 Å². The molecule has 5 nitrogen and oxygen atoms in total. The molecule has 1 fully saturated rings. The topological polar surface area (TPSA) is 54.0 Å². The van der Waals surface area contributed by atoms with Crippen LogP contribution in [0.25, 0.3) is 11.0 Å². The Morgan fingerprint density at radius 2 is 2.30 bits per heavy atom. The van der Waals surface area contributed by atoms with Crippen LogP contribution in [-0.4, -0.2) is 41.3 Å². The fourth-order valence-corrected chi connectivity index (χ4v) is 3.23. The van der Waals surface area contributed by atoms with Crippen molar-refractivity contribution >= 4 is 16.9 Å². The third-order valence-electron chi connectivity index (χ3n) is 4.47. The van der Waals surface area contributed by atoms with Crippen LogP contribution in [0.15, 0.2) is 12.5 Å². The number of nitrogens with zero attached hydrogens (tertiary/aromatic N) is 3. The van der Waals surface area contributed by atoms with E-state index in [0.717, 1.165) is 36.4 Å². The maximum absolute atomic E-state index is 5.68. The molecule has 1 saturated heterocycles. The first-order valence-corrected chi connectivity index (χ1v) is 7.31. The van der Waals surface area contributed by atoms with Crippen molar-refractivity contribution in [1.29, 1.82) is 0 Å². The zero-order chi connectivity index (χ0) is 14.1. The van der Waals surface area contributed by atoms with Crippen molar-refractivity contribution in [3.05, 3.63) is 18.1 Å². The zero-order valence-corrected chi connectivity index (χ0v) is 12.4. The molecule has 0 radical (unpaired) electrons. The van der Waals surface area contributed by atoms with Crippen LogP contribution >= 0.6 is 0 Å². The predicted octanol–water partition coefficient (Wildman–Crippen LogP) is 2.52. The van der Waals surface area contributed by atoms with Gasteiger partial charge in [-0.1, -0.05) is 13.3 Å². The number of hydrogen-bond donors (Lipinski definition) is 1. The number of aryl methyl sites for hydroxylation is 1. The van der Waals surface area contributed by atoms with Crippen LogP contribution in [0, 0.1) is 12.8 Å². The first kappa shape index (κ1) is 13.4. The molecule has 0 bridgehead atoms. The Bertz CT molecular complexity index is 595. The molecule has 2 atom stereocenters. The molecular formula is C15H22N4O. The lowest BCUT2D eigenvalue weighted by molar-refractivity contribution is 0.0409. The van der Waals surface area contributed by atoms with Crippen molar-refractivity contribution in [3.8, 4) is 0 Å². The van der Waals surface area contributed by atoms with E-state index >= 15 is 0 Å². The van der Waals surface area contributed by atoms with Crippen molar-refractivity contribution in [2.24, 2.45) is 5.92 Å². The van der Waals surface area contributed by atoms with Gasteiger partial charge in [-0.05, 0) is 24.8 Å². The fraction of sp³-hybridized carbons (Fsp3) is 0.600. The Kier molecular flexibility index (Phi) is 3.61. The van der Waals surface area contributed by atoms with E-state index in [1.165, 1.54) is 12.0 Å². The molecule has 2 aromatic rings. The monoisotopic (exact) mass is 274 g/mol. The predicted molar refractivity (Wildman–Crippen MR) is 80.0 cm³/mol. The number of rotatable bonds is 3. The molecule has 5 heteroatoms. The highest BCUT2D eigenvalue weighted by Crippen LogP contribution is 2.30. The van der Waals surface area contributed by atoms with E-state index in [2.05, 4.69) is 33.7 Å². The molecule has 1 N–H and O–H groups in total. The summed E-state index contributed by atoms with van der Waals surface area (Å²) >= 11 is 0. The van der Waals surface area contributed by atoms with E-state index in [1.54, 1.807) is 6.33 Å². The van der Waals surface area contributed by atoms with Crippen molar-refractivity contribution < 1.29 is 4.74 Å². The number of piperidine rings is 1. The molecule has 0 aromatic carbocycles. The van der Waals surface area contributed by atoms with Gasteiger partial charge >= 0.3 is 0 Å². The van der Waals surface area contributed by atoms with Gasteiger partial charge in [-0.25, -0.2) is 9.97 Å². The maximum Gasteiger partial charge on any atom is 0.143 e. The lowest BCUT2D eigenvalue weighted by atomic mass is 9.91. The summed E-state index contributed by atoms with van der Waals surface area (Å²) in [6.45, 7) is 6.28. The van der Waals surface area contributed by atoms with Gasteiger partial charge in [0.2, 0.25) is 0 Å². The summed E-state index contributed by atoms with van der Waals surface area (Å²) in [7, 11) is 1.81. The molecule has 20 heavy (non-hydrogen) atoms. The highest BCUT2D eigenvalue weighted by Gasteiger charge is 2.29. The molecule has 0 spiro atoms. The summed E-state index contributed by atoms with van der Waals surface area (Å²) in [4.78, 5) is 14.4.